The maximum Gasteiger partial charge on any atom is 0.243 e. The Morgan fingerprint density at radius 1 is 1.22 bits per heavy atom. The van der Waals surface area contributed by atoms with Crippen LogP contribution < -0.4 is 10.1 Å². The predicted molar refractivity (Wildman–Crippen MR) is 95.1 cm³/mol. The Labute approximate surface area is 145 Å². The maximum atomic E-state index is 13.0. The van der Waals surface area contributed by atoms with Gasteiger partial charge in [-0.1, -0.05) is 0 Å². The van der Waals surface area contributed by atoms with Gasteiger partial charge in [-0.2, -0.15) is 4.31 Å². The third kappa shape index (κ3) is 4.38. The van der Waals surface area contributed by atoms with Gasteiger partial charge in [-0.15, -0.1) is 12.4 Å². The van der Waals surface area contributed by atoms with Crippen LogP contribution in [0.15, 0.2) is 17.0 Å². The zero-order chi connectivity index (χ0) is 16.3. The number of benzene rings is 1. The molecule has 23 heavy (non-hydrogen) atoms. The Morgan fingerprint density at radius 2 is 1.74 bits per heavy atom. The molecule has 0 atom stereocenters. The molecule has 0 aliphatic carbocycles. The van der Waals surface area contributed by atoms with Crippen molar-refractivity contribution in [3.8, 4) is 5.75 Å². The smallest absolute Gasteiger partial charge is 0.243 e. The molecule has 132 valence electrons. The van der Waals surface area contributed by atoms with Crippen LogP contribution in [0.2, 0.25) is 0 Å². The van der Waals surface area contributed by atoms with Crippen LogP contribution in [0.4, 0.5) is 0 Å². The quantitative estimate of drug-likeness (QED) is 0.873. The third-order valence-corrected chi connectivity index (χ3v) is 6.54. The van der Waals surface area contributed by atoms with Crippen molar-refractivity contribution in [3.63, 3.8) is 0 Å². The first-order valence-corrected chi connectivity index (χ1v) is 9.14. The molecule has 0 amide bonds. The molecule has 1 aliphatic heterocycles. The fraction of sp³-hybridized carbons (Fsp3) is 0.625. The van der Waals surface area contributed by atoms with Crippen LogP contribution in [-0.2, 0) is 10.0 Å². The highest BCUT2D eigenvalue weighted by molar-refractivity contribution is 7.89. The van der Waals surface area contributed by atoms with E-state index in [0.717, 1.165) is 30.5 Å². The van der Waals surface area contributed by atoms with E-state index in [1.54, 1.807) is 23.5 Å². The van der Waals surface area contributed by atoms with Crippen molar-refractivity contribution in [2.45, 2.75) is 31.6 Å². The number of sulfonamides is 1. The second-order valence-electron chi connectivity index (χ2n) is 6.00. The monoisotopic (exact) mass is 362 g/mol. The zero-order valence-electron chi connectivity index (χ0n) is 14.3. The van der Waals surface area contributed by atoms with Gasteiger partial charge in [0.2, 0.25) is 10.0 Å². The number of hydrogen-bond donors (Lipinski definition) is 1. The highest BCUT2D eigenvalue weighted by atomic mass is 35.5. The number of piperidine rings is 1. The van der Waals surface area contributed by atoms with Gasteiger partial charge in [-0.25, -0.2) is 8.42 Å². The molecule has 1 fully saturated rings. The van der Waals surface area contributed by atoms with Crippen molar-refractivity contribution in [2.75, 3.05) is 33.8 Å². The summed E-state index contributed by atoms with van der Waals surface area (Å²) in [5, 5.41) is 3.17. The molecule has 1 aromatic carbocycles. The van der Waals surface area contributed by atoms with E-state index in [2.05, 4.69) is 5.32 Å². The first-order valence-electron chi connectivity index (χ1n) is 7.70. The Balaban J connectivity index is 0.00000264. The average Bonchev–Trinajstić information content (AvgIpc) is 2.47. The molecule has 0 aromatic heterocycles. The van der Waals surface area contributed by atoms with Crippen molar-refractivity contribution in [1.29, 1.82) is 0 Å². The second kappa shape index (κ2) is 8.33. The minimum Gasteiger partial charge on any atom is -0.497 e. The summed E-state index contributed by atoms with van der Waals surface area (Å²) >= 11 is 0. The van der Waals surface area contributed by atoms with Crippen molar-refractivity contribution >= 4 is 22.4 Å². The molecule has 0 spiro atoms. The van der Waals surface area contributed by atoms with Gasteiger partial charge in [0.25, 0.3) is 0 Å². The van der Waals surface area contributed by atoms with E-state index in [-0.39, 0.29) is 12.4 Å². The maximum absolute atomic E-state index is 13.0. The number of rotatable bonds is 5. The van der Waals surface area contributed by atoms with Crippen LogP contribution in [-0.4, -0.2) is 46.5 Å². The summed E-state index contributed by atoms with van der Waals surface area (Å²) in [6, 6.07) is 3.57. The summed E-state index contributed by atoms with van der Waals surface area (Å²) in [4.78, 5) is 0.431. The molecule has 1 saturated heterocycles. The number of methoxy groups -OCH3 is 1. The molecule has 1 heterocycles. The molecule has 1 N–H and O–H groups in total. The molecule has 0 radical (unpaired) electrons. The number of hydrogen-bond acceptors (Lipinski definition) is 4. The lowest BCUT2D eigenvalue weighted by atomic mass is 9.98. The normalized spacial score (nSPS) is 16.9. The van der Waals surface area contributed by atoms with Gasteiger partial charge in [-0.05, 0) is 69.5 Å². The SMILES string of the molecule is CNCC1CCN(S(=O)(=O)c2c(C)cc(OC)cc2C)CC1.Cl. The Kier molecular flexibility index (Phi) is 7.32. The summed E-state index contributed by atoms with van der Waals surface area (Å²) in [5.41, 5.74) is 1.49. The Bertz CT molecular complexity index is 603. The second-order valence-corrected chi connectivity index (χ2v) is 7.87. The lowest BCUT2D eigenvalue weighted by Crippen LogP contribution is -2.40. The predicted octanol–water partition coefficient (Wildman–Crippen LogP) is 2.35. The largest absolute Gasteiger partial charge is 0.497 e. The molecule has 0 bridgehead atoms. The average molecular weight is 363 g/mol. The van der Waals surface area contributed by atoms with Gasteiger partial charge in [0, 0.05) is 13.1 Å². The first-order chi connectivity index (χ1) is 10.4. The highest BCUT2D eigenvalue weighted by Crippen LogP contribution is 2.30. The summed E-state index contributed by atoms with van der Waals surface area (Å²) < 4.78 is 32.8. The molecular weight excluding hydrogens is 336 g/mol. The van der Waals surface area contributed by atoms with Crippen LogP contribution in [0, 0.1) is 19.8 Å². The van der Waals surface area contributed by atoms with Crippen molar-refractivity contribution in [3.05, 3.63) is 23.3 Å². The number of nitrogens with zero attached hydrogens (tertiary/aromatic N) is 1. The molecule has 7 heteroatoms. The van der Waals surface area contributed by atoms with E-state index >= 15 is 0 Å². The lowest BCUT2D eigenvalue weighted by Gasteiger charge is -2.32. The summed E-state index contributed by atoms with van der Waals surface area (Å²) in [7, 11) is 0.101. The number of ether oxygens (including phenoxy) is 1. The van der Waals surface area contributed by atoms with E-state index in [0.29, 0.717) is 29.7 Å². The van der Waals surface area contributed by atoms with Gasteiger partial charge in [0.15, 0.2) is 0 Å². The van der Waals surface area contributed by atoms with E-state index in [1.807, 2.05) is 20.9 Å². The van der Waals surface area contributed by atoms with Gasteiger partial charge in [-0.3, -0.25) is 0 Å². The van der Waals surface area contributed by atoms with Crippen LogP contribution in [0.5, 0.6) is 5.75 Å². The fourth-order valence-electron chi connectivity index (χ4n) is 3.21. The van der Waals surface area contributed by atoms with E-state index in [1.165, 1.54) is 0 Å². The summed E-state index contributed by atoms with van der Waals surface area (Å²) in [6.07, 6.45) is 1.82. The molecule has 5 nitrogen and oxygen atoms in total. The number of nitrogens with one attached hydrogen (secondary N) is 1. The molecule has 1 aliphatic rings. The fourth-order valence-corrected chi connectivity index (χ4v) is 5.09. The highest BCUT2D eigenvalue weighted by Gasteiger charge is 2.31. The lowest BCUT2D eigenvalue weighted by molar-refractivity contribution is 0.270. The number of aryl methyl sites for hydroxylation is 2. The van der Waals surface area contributed by atoms with Gasteiger partial charge < -0.3 is 10.1 Å². The van der Waals surface area contributed by atoms with Crippen molar-refractivity contribution in [2.24, 2.45) is 5.92 Å². The topological polar surface area (TPSA) is 58.6 Å². The Hall–Kier alpha value is -0.820. The van der Waals surface area contributed by atoms with Crippen LogP contribution in [0.25, 0.3) is 0 Å². The third-order valence-electron chi connectivity index (χ3n) is 4.33. The molecule has 0 unspecified atom stereocenters. The molecule has 2 rings (SSSR count). The van der Waals surface area contributed by atoms with E-state index in [4.69, 9.17) is 4.74 Å². The Morgan fingerprint density at radius 3 is 2.17 bits per heavy atom. The van der Waals surface area contributed by atoms with Gasteiger partial charge in [0.1, 0.15) is 5.75 Å². The van der Waals surface area contributed by atoms with Gasteiger partial charge in [0.05, 0.1) is 12.0 Å². The first kappa shape index (κ1) is 20.2. The van der Waals surface area contributed by atoms with Crippen molar-refractivity contribution in [1.82, 2.24) is 9.62 Å². The minimum absolute atomic E-state index is 0. The van der Waals surface area contributed by atoms with Gasteiger partial charge >= 0.3 is 0 Å². The molecule has 0 saturated carbocycles. The zero-order valence-corrected chi connectivity index (χ0v) is 15.9. The molecule has 1 aromatic rings. The summed E-state index contributed by atoms with van der Waals surface area (Å²) in [5.74, 6) is 1.26. The van der Waals surface area contributed by atoms with Crippen LogP contribution >= 0.6 is 12.4 Å². The standard InChI is InChI=1S/C16H26N2O3S.ClH/c1-12-9-15(21-4)10-13(2)16(12)22(19,20)18-7-5-14(6-8-18)11-17-3;/h9-10,14,17H,5-8,11H2,1-4H3;1H. The molecular formula is C16H27ClN2O3S. The van der Waals surface area contributed by atoms with Crippen LogP contribution in [0.3, 0.4) is 0 Å². The van der Waals surface area contributed by atoms with Crippen molar-refractivity contribution < 1.29 is 13.2 Å². The van der Waals surface area contributed by atoms with Crippen LogP contribution in [0.1, 0.15) is 24.0 Å². The summed E-state index contributed by atoms with van der Waals surface area (Å²) in [6.45, 7) is 5.81. The van der Waals surface area contributed by atoms with E-state index < -0.39 is 10.0 Å². The van der Waals surface area contributed by atoms with E-state index in [9.17, 15) is 8.42 Å². The minimum atomic E-state index is -3.43. The number of halogens is 1.